The van der Waals surface area contributed by atoms with E-state index in [4.69, 9.17) is 9.47 Å². The van der Waals surface area contributed by atoms with Crippen LogP contribution in [0.1, 0.15) is 13.8 Å². The first-order chi connectivity index (χ1) is 12.1. The molecule has 0 aromatic heterocycles. The van der Waals surface area contributed by atoms with Crippen LogP contribution >= 0.6 is 0 Å². The van der Waals surface area contributed by atoms with Gasteiger partial charge in [-0.15, -0.1) is 0 Å². The van der Waals surface area contributed by atoms with E-state index in [9.17, 15) is 9.59 Å². The summed E-state index contributed by atoms with van der Waals surface area (Å²) in [7, 11) is 0. The van der Waals surface area contributed by atoms with E-state index in [0.29, 0.717) is 17.0 Å². The van der Waals surface area contributed by atoms with Gasteiger partial charge < -0.3 is 20.1 Å². The molecule has 0 saturated heterocycles. The van der Waals surface area contributed by atoms with Crippen LogP contribution in [0.5, 0.6) is 5.75 Å². The lowest BCUT2D eigenvalue weighted by Gasteiger charge is -2.26. The molecule has 6 nitrogen and oxygen atoms in total. The van der Waals surface area contributed by atoms with Crippen molar-refractivity contribution in [3.63, 3.8) is 0 Å². The smallest absolute Gasteiger partial charge is 0.338 e. The SMILES string of the molecule is CCOC(=O)C1=C(COc2cccc3ccccc23)NC(=O)N[C@H]1C. The van der Waals surface area contributed by atoms with Crippen LogP contribution in [0.25, 0.3) is 10.8 Å². The Morgan fingerprint density at radius 1 is 1.16 bits per heavy atom. The van der Waals surface area contributed by atoms with Crippen LogP contribution in [0.15, 0.2) is 53.7 Å². The predicted molar refractivity (Wildman–Crippen MR) is 94.2 cm³/mol. The number of benzene rings is 2. The van der Waals surface area contributed by atoms with Crippen molar-refractivity contribution in [3.8, 4) is 5.75 Å². The van der Waals surface area contributed by atoms with Gasteiger partial charge in [-0.25, -0.2) is 9.59 Å². The van der Waals surface area contributed by atoms with Crippen LogP contribution in [-0.2, 0) is 9.53 Å². The Balaban J connectivity index is 1.89. The molecular formula is C19H20N2O4. The maximum absolute atomic E-state index is 12.2. The van der Waals surface area contributed by atoms with Crippen LogP contribution in [0.3, 0.4) is 0 Å². The summed E-state index contributed by atoms with van der Waals surface area (Å²) >= 11 is 0. The fourth-order valence-electron chi connectivity index (χ4n) is 2.86. The van der Waals surface area contributed by atoms with Crippen molar-refractivity contribution in [2.75, 3.05) is 13.2 Å². The lowest BCUT2D eigenvalue weighted by Crippen LogP contribution is -2.50. The number of hydrogen-bond acceptors (Lipinski definition) is 4. The summed E-state index contributed by atoms with van der Waals surface area (Å²) in [4.78, 5) is 24.0. The van der Waals surface area contributed by atoms with Crippen LogP contribution < -0.4 is 15.4 Å². The third-order valence-electron chi connectivity index (χ3n) is 3.99. The van der Waals surface area contributed by atoms with E-state index in [-0.39, 0.29) is 19.2 Å². The minimum absolute atomic E-state index is 0.0694. The molecule has 2 N–H and O–H groups in total. The fourth-order valence-corrected chi connectivity index (χ4v) is 2.86. The van der Waals surface area contributed by atoms with E-state index in [1.54, 1.807) is 13.8 Å². The Labute approximate surface area is 145 Å². The Hall–Kier alpha value is -3.02. The lowest BCUT2D eigenvalue weighted by molar-refractivity contribution is -0.139. The van der Waals surface area contributed by atoms with Crippen molar-refractivity contribution in [1.29, 1.82) is 0 Å². The second-order valence-electron chi connectivity index (χ2n) is 5.70. The van der Waals surface area contributed by atoms with Gasteiger partial charge in [0, 0.05) is 5.39 Å². The molecule has 1 aliphatic heterocycles. The van der Waals surface area contributed by atoms with Gasteiger partial charge in [0.25, 0.3) is 0 Å². The third-order valence-corrected chi connectivity index (χ3v) is 3.99. The van der Waals surface area contributed by atoms with Crippen LogP contribution in [0.4, 0.5) is 4.79 Å². The molecule has 25 heavy (non-hydrogen) atoms. The number of rotatable bonds is 5. The molecule has 0 fully saturated rings. The van der Waals surface area contributed by atoms with Gasteiger partial charge in [-0.05, 0) is 25.3 Å². The Morgan fingerprint density at radius 2 is 1.92 bits per heavy atom. The molecule has 2 aromatic carbocycles. The first-order valence-electron chi connectivity index (χ1n) is 8.18. The van der Waals surface area contributed by atoms with Crippen molar-refractivity contribution < 1.29 is 19.1 Å². The molecule has 0 radical (unpaired) electrons. The summed E-state index contributed by atoms with van der Waals surface area (Å²) in [6, 6.07) is 12.8. The summed E-state index contributed by atoms with van der Waals surface area (Å²) in [5, 5.41) is 7.35. The number of carbonyl (C=O) groups is 2. The molecule has 3 rings (SSSR count). The molecule has 1 aliphatic rings. The highest BCUT2D eigenvalue weighted by molar-refractivity contribution is 5.94. The van der Waals surface area contributed by atoms with Crippen LogP contribution in [0.2, 0.25) is 0 Å². The number of ether oxygens (including phenoxy) is 2. The number of carbonyl (C=O) groups excluding carboxylic acids is 2. The molecule has 0 bridgehead atoms. The van der Waals surface area contributed by atoms with Crippen LogP contribution in [-0.4, -0.2) is 31.3 Å². The maximum Gasteiger partial charge on any atom is 0.338 e. The Morgan fingerprint density at radius 3 is 2.72 bits per heavy atom. The first-order valence-corrected chi connectivity index (χ1v) is 8.18. The minimum atomic E-state index is -0.459. The average molecular weight is 340 g/mol. The summed E-state index contributed by atoms with van der Waals surface area (Å²) in [6.07, 6.45) is 0. The number of hydrogen-bond donors (Lipinski definition) is 2. The predicted octanol–water partition coefficient (Wildman–Crippen LogP) is 2.74. The van der Waals surface area contributed by atoms with Crippen molar-refractivity contribution in [2.24, 2.45) is 0 Å². The minimum Gasteiger partial charge on any atom is -0.487 e. The maximum atomic E-state index is 12.2. The summed E-state index contributed by atoms with van der Waals surface area (Å²) in [6.45, 7) is 3.81. The number of amides is 2. The monoisotopic (exact) mass is 340 g/mol. The molecule has 0 unspecified atom stereocenters. The van der Waals surface area contributed by atoms with Crippen molar-refractivity contribution in [3.05, 3.63) is 53.7 Å². The normalized spacial score (nSPS) is 17.0. The van der Waals surface area contributed by atoms with Crippen molar-refractivity contribution >= 4 is 22.8 Å². The van der Waals surface area contributed by atoms with Gasteiger partial charge in [0.05, 0.1) is 23.9 Å². The fraction of sp³-hybridized carbons (Fsp3) is 0.263. The summed E-state index contributed by atoms with van der Waals surface area (Å²) < 4.78 is 11.0. The van der Waals surface area contributed by atoms with Crippen LogP contribution in [0, 0.1) is 0 Å². The van der Waals surface area contributed by atoms with Gasteiger partial charge in [-0.2, -0.15) is 0 Å². The van der Waals surface area contributed by atoms with Gasteiger partial charge in [-0.1, -0.05) is 36.4 Å². The van der Waals surface area contributed by atoms with Gasteiger partial charge >= 0.3 is 12.0 Å². The second-order valence-corrected chi connectivity index (χ2v) is 5.70. The molecule has 2 amide bonds. The number of fused-ring (bicyclic) bond motifs is 1. The van der Waals surface area contributed by atoms with Gasteiger partial charge in [0.1, 0.15) is 12.4 Å². The zero-order valence-electron chi connectivity index (χ0n) is 14.2. The van der Waals surface area contributed by atoms with Gasteiger partial charge in [0.15, 0.2) is 0 Å². The highest BCUT2D eigenvalue weighted by atomic mass is 16.5. The number of urea groups is 1. The largest absolute Gasteiger partial charge is 0.487 e. The van der Waals surface area contributed by atoms with E-state index in [0.717, 1.165) is 10.8 Å². The van der Waals surface area contributed by atoms with Crippen molar-refractivity contribution in [1.82, 2.24) is 10.6 Å². The lowest BCUT2D eigenvalue weighted by atomic mass is 10.0. The third kappa shape index (κ3) is 3.57. The van der Waals surface area contributed by atoms with Gasteiger partial charge in [-0.3, -0.25) is 0 Å². The number of esters is 1. The first kappa shape index (κ1) is 16.8. The standard InChI is InChI=1S/C19H20N2O4/c1-3-24-18(22)17-12(2)20-19(23)21-15(17)11-25-16-10-6-8-13-7-4-5-9-14(13)16/h4-10,12H,3,11H2,1-2H3,(H2,20,21,23)/t12-/m0/s1. The molecule has 1 heterocycles. The van der Waals surface area contributed by atoms with E-state index in [2.05, 4.69) is 10.6 Å². The Bertz CT molecular complexity index is 839. The molecule has 2 aromatic rings. The van der Waals surface area contributed by atoms with Gasteiger partial charge in [0.2, 0.25) is 0 Å². The van der Waals surface area contributed by atoms with E-state index in [1.165, 1.54) is 0 Å². The van der Waals surface area contributed by atoms with Crippen molar-refractivity contribution in [2.45, 2.75) is 19.9 Å². The molecular weight excluding hydrogens is 320 g/mol. The average Bonchev–Trinajstić information content (AvgIpc) is 2.59. The quantitative estimate of drug-likeness (QED) is 0.821. The van der Waals surface area contributed by atoms with E-state index in [1.807, 2.05) is 42.5 Å². The molecule has 0 saturated carbocycles. The zero-order chi connectivity index (χ0) is 17.8. The van der Waals surface area contributed by atoms with E-state index >= 15 is 0 Å². The zero-order valence-corrected chi connectivity index (χ0v) is 14.2. The van der Waals surface area contributed by atoms with E-state index < -0.39 is 12.0 Å². The second kappa shape index (κ2) is 7.25. The molecule has 0 aliphatic carbocycles. The Kier molecular flexibility index (Phi) is 4.88. The topological polar surface area (TPSA) is 76.7 Å². The highest BCUT2D eigenvalue weighted by Crippen LogP contribution is 2.26. The molecule has 0 spiro atoms. The highest BCUT2D eigenvalue weighted by Gasteiger charge is 2.30. The summed E-state index contributed by atoms with van der Waals surface area (Å²) in [5.74, 6) is 0.230. The molecule has 6 heteroatoms. The number of nitrogens with one attached hydrogen (secondary N) is 2. The molecule has 130 valence electrons. The molecule has 1 atom stereocenters. The summed E-state index contributed by atoms with van der Waals surface area (Å²) in [5.41, 5.74) is 0.796.